The Morgan fingerprint density at radius 1 is 1.19 bits per heavy atom. The van der Waals surface area contributed by atoms with Crippen LogP contribution in [0.4, 0.5) is 10.2 Å². The summed E-state index contributed by atoms with van der Waals surface area (Å²) >= 11 is 0. The maximum Gasteiger partial charge on any atom is 0.222 e. The van der Waals surface area contributed by atoms with Crippen LogP contribution in [0.25, 0.3) is 0 Å². The number of hydrogen-bond donors (Lipinski definition) is 0. The highest BCUT2D eigenvalue weighted by Gasteiger charge is 2.26. The van der Waals surface area contributed by atoms with E-state index in [-0.39, 0.29) is 30.0 Å². The topological polar surface area (TPSA) is 69.6 Å². The maximum atomic E-state index is 13.8. The van der Waals surface area contributed by atoms with Crippen molar-refractivity contribution in [3.05, 3.63) is 53.2 Å². The lowest BCUT2D eigenvalue weighted by molar-refractivity contribution is -0.131. The largest absolute Gasteiger partial charge is 0.363 e. The molecule has 172 valence electrons. The Morgan fingerprint density at radius 3 is 2.62 bits per heavy atom. The fraction of sp³-hybridized carbons (Fsp3) is 0.500. The van der Waals surface area contributed by atoms with Crippen LogP contribution in [0.3, 0.4) is 0 Å². The highest BCUT2D eigenvalue weighted by atomic mass is 19.1. The van der Waals surface area contributed by atoms with Crippen molar-refractivity contribution < 1.29 is 14.0 Å². The van der Waals surface area contributed by atoms with Gasteiger partial charge in [-0.3, -0.25) is 9.59 Å². The number of aryl methyl sites for hydroxylation is 1. The Hall–Kier alpha value is -3.03. The predicted octanol–water partition coefficient (Wildman–Crippen LogP) is 3.00. The molecule has 0 saturated carbocycles. The van der Waals surface area contributed by atoms with Gasteiger partial charge in [0.25, 0.3) is 0 Å². The third-order valence-corrected chi connectivity index (χ3v) is 5.86. The van der Waals surface area contributed by atoms with Crippen molar-refractivity contribution in [1.82, 2.24) is 19.8 Å². The second kappa shape index (κ2) is 10.5. The molecule has 0 N–H and O–H groups in total. The Bertz CT molecular complexity index is 965. The summed E-state index contributed by atoms with van der Waals surface area (Å²) in [6, 6.07) is 8.42. The Labute approximate surface area is 189 Å². The number of rotatable bonds is 7. The van der Waals surface area contributed by atoms with Crippen molar-refractivity contribution in [3.8, 4) is 0 Å². The van der Waals surface area contributed by atoms with Crippen LogP contribution in [-0.2, 0) is 22.6 Å². The minimum Gasteiger partial charge on any atom is -0.363 e. The Morgan fingerprint density at radius 2 is 1.94 bits per heavy atom. The molecular weight excluding hydrogens is 409 g/mol. The molecule has 0 unspecified atom stereocenters. The fourth-order valence-electron chi connectivity index (χ4n) is 3.93. The summed E-state index contributed by atoms with van der Waals surface area (Å²) < 4.78 is 13.8. The lowest BCUT2D eigenvalue weighted by atomic mass is 9.97. The van der Waals surface area contributed by atoms with Crippen LogP contribution >= 0.6 is 0 Å². The van der Waals surface area contributed by atoms with Gasteiger partial charge in [0.1, 0.15) is 17.5 Å². The van der Waals surface area contributed by atoms with Crippen molar-refractivity contribution in [2.45, 2.75) is 45.1 Å². The van der Waals surface area contributed by atoms with E-state index in [4.69, 9.17) is 9.97 Å². The van der Waals surface area contributed by atoms with Crippen LogP contribution in [0.5, 0.6) is 0 Å². The predicted molar refractivity (Wildman–Crippen MR) is 122 cm³/mol. The van der Waals surface area contributed by atoms with E-state index in [9.17, 15) is 14.0 Å². The van der Waals surface area contributed by atoms with Crippen molar-refractivity contribution in [3.63, 3.8) is 0 Å². The first-order valence-corrected chi connectivity index (χ1v) is 11.0. The van der Waals surface area contributed by atoms with Gasteiger partial charge in [0.05, 0.1) is 12.2 Å². The Balaban J connectivity index is 1.71. The molecule has 32 heavy (non-hydrogen) atoms. The van der Waals surface area contributed by atoms with Crippen LogP contribution in [0.1, 0.15) is 49.2 Å². The van der Waals surface area contributed by atoms with Crippen LogP contribution in [-0.4, -0.2) is 65.8 Å². The molecule has 1 aliphatic rings. The van der Waals surface area contributed by atoms with Crippen LogP contribution in [0.15, 0.2) is 30.3 Å². The molecule has 1 saturated heterocycles. The minimum absolute atomic E-state index is 0.0684. The number of likely N-dealkylation sites (tertiary alicyclic amines) is 1. The molecule has 2 amide bonds. The molecule has 0 aliphatic carbocycles. The number of carbonyl (C=O) groups is 2. The summed E-state index contributed by atoms with van der Waals surface area (Å²) in [5.74, 6) is 1.28. The SMILES string of the molecule is CC(=O)N1CCC[C@@H](c2nc(CN(C)C(=O)CCc3ccccc3F)cc(N(C)C)n2)C1. The monoisotopic (exact) mass is 441 g/mol. The molecule has 3 rings (SSSR count). The van der Waals surface area contributed by atoms with Crippen molar-refractivity contribution in [2.24, 2.45) is 0 Å². The molecule has 2 heterocycles. The number of carbonyl (C=O) groups excluding carboxylic acids is 2. The van der Waals surface area contributed by atoms with Gasteiger partial charge in [0.2, 0.25) is 11.8 Å². The van der Waals surface area contributed by atoms with E-state index in [0.29, 0.717) is 30.9 Å². The molecule has 2 aromatic rings. The van der Waals surface area contributed by atoms with Gasteiger partial charge < -0.3 is 14.7 Å². The van der Waals surface area contributed by atoms with E-state index in [1.807, 2.05) is 30.0 Å². The molecule has 0 spiro atoms. The number of hydrogen-bond acceptors (Lipinski definition) is 5. The number of aromatic nitrogens is 2. The number of nitrogens with zero attached hydrogens (tertiary/aromatic N) is 5. The lowest BCUT2D eigenvalue weighted by Crippen LogP contribution is -2.38. The molecule has 1 fully saturated rings. The number of benzene rings is 1. The molecule has 1 aromatic heterocycles. The van der Waals surface area contributed by atoms with E-state index in [1.165, 1.54) is 6.07 Å². The van der Waals surface area contributed by atoms with E-state index in [2.05, 4.69) is 0 Å². The second-order valence-electron chi connectivity index (χ2n) is 8.62. The summed E-state index contributed by atoms with van der Waals surface area (Å²) in [6.45, 7) is 3.32. The molecule has 0 bridgehead atoms. The van der Waals surface area contributed by atoms with E-state index in [1.54, 1.807) is 37.1 Å². The van der Waals surface area contributed by atoms with E-state index >= 15 is 0 Å². The zero-order chi connectivity index (χ0) is 23.3. The molecule has 1 aliphatic heterocycles. The van der Waals surface area contributed by atoms with Crippen LogP contribution in [0, 0.1) is 5.82 Å². The number of anilines is 1. The zero-order valence-corrected chi connectivity index (χ0v) is 19.3. The van der Waals surface area contributed by atoms with Crippen LogP contribution < -0.4 is 4.90 Å². The molecular formula is C24H32FN5O2. The van der Waals surface area contributed by atoms with Gasteiger partial charge in [-0.25, -0.2) is 14.4 Å². The molecule has 0 radical (unpaired) electrons. The summed E-state index contributed by atoms with van der Waals surface area (Å²) in [4.78, 5) is 39.4. The van der Waals surface area contributed by atoms with Gasteiger partial charge in [-0.15, -0.1) is 0 Å². The third-order valence-electron chi connectivity index (χ3n) is 5.86. The quantitative estimate of drug-likeness (QED) is 0.661. The molecule has 8 heteroatoms. The van der Waals surface area contributed by atoms with Gasteiger partial charge in [-0.2, -0.15) is 0 Å². The average molecular weight is 442 g/mol. The van der Waals surface area contributed by atoms with Gasteiger partial charge in [0.15, 0.2) is 0 Å². The maximum absolute atomic E-state index is 13.8. The van der Waals surface area contributed by atoms with Crippen molar-refractivity contribution in [1.29, 1.82) is 0 Å². The number of amides is 2. The standard InChI is InChI=1S/C24H32FN5O2/c1-17(31)30-13-7-9-19(15-30)24-26-20(14-22(27-24)28(2)3)16-29(4)23(32)12-11-18-8-5-6-10-21(18)25/h5-6,8,10,14,19H,7,9,11-13,15-16H2,1-4H3/t19-/m1/s1. The second-order valence-corrected chi connectivity index (χ2v) is 8.62. The Kier molecular flexibility index (Phi) is 7.77. The smallest absolute Gasteiger partial charge is 0.222 e. The first kappa shape index (κ1) is 23.6. The highest BCUT2D eigenvalue weighted by Crippen LogP contribution is 2.26. The van der Waals surface area contributed by atoms with Gasteiger partial charge in [-0.1, -0.05) is 18.2 Å². The van der Waals surface area contributed by atoms with Crippen molar-refractivity contribution >= 4 is 17.6 Å². The van der Waals surface area contributed by atoms with Gasteiger partial charge in [-0.05, 0) is 30.9 Å². The summed E-state index contributed by atoms with van der Waals surface area (Å²) in [5, 5.41) is 0. The first-order valence-electron chi connectivity index (χ1n) is 11.0. The third kappa shape index (κ3) is 6.02. The normalized spacial score (nSPS) is 16.0. The van der Waals surface area contributed by atoms with E-state index in [0.717, 1.165) is 30.9 Å². The summed E-state index contributed by atoms with van der Waals surface area (Å²) in [5.41, 5.74) is 1.29. The van der Waals surface area contributed by atoms with Gasteiger partial charge >= 0.3 is 0 Å². The minimum atomic E-state index is -0.286. The summed E-state index contributed by atoms with van der Waals surface area (Å²) in [6.07, 6.45) is 2.43. The van der Waals surface area contributed by atoms with Gasteiger partial charge in [0, 0.05) is 59.6 Å². The summed E-state index contributed by atoms with van der Waals surface area (Å²) in [7, 11) is 5.57. The first-order chi connectivity index (χ1) is 15.2. The van der Waals surface area contributed by atoms with Crippen LogP contribution in [0.2, 0.25) is 0 Å². The zero-order valence-electron chi connectivity index (χ0n) is 19.3. The average Bonchev–Trinajstić information content (AvgIpc) is 2.78. The van der Waals surface area contributed by atoms with Crippen molar-refractivity contribution in [2.75, 3.05) is 39.1 Å². The number of halogens is 1. The fourth-order valence-corrected chi connectivity index (χ4v) is 3.93. The highest BCUT2D eigenvalue weighted by molar-refractivity contribution is 5.76. The molecule has 7 nitrogen and oxygen atoms in total. The number of piperidine rings is 1. The lowest BCUT2D eigenvalue weighted by Gasteiger charge is -2.31. The van der Waals surface area contributed by atoms with E-state index < -0.39 is 0 Å². The molecule has 1 atom stereocenters. The molecule has 1 aromatic carbocycles.